The largest absolute Gasteiger partial charge is 0.500 e. The molecule has 3 N–H and O–H groups in total. The molecule has 0 aromatic heterocycles. The lowest BCUT2D eigenvalue weighted by Crippen LogP contribution is -2.46. The van der Waals surface area contributed by atoms with E-state index < -0.39 is 8.80 Å². The summed E-state index contributed by atoms with van der Waals surface area (Å²) in [5.41, 5.74) is 0. The normalized spacial score (nSPS) is 19.5. The molecule has 1 fully saturated rings. The summed E-state index contributed by atoms with van der Waals surface area (Å²) in [6, 6.07) is 0.897. The highest BCUT2D eigenvalue weighted by Gasteiger charge is 2.39. The van der Waals surface area contributed by atoms with E-state index in [4.69, 9.17) is 13.3 Å². The van der Waals surface area contributed by atoms with Gasteiger partial charge in [-0.25, -0.2) is 0 Å². The van der Waals surface area contributed by atoms with Gasteiger partial charge in [0.05, 0.1) is 0 Å². The third-order valence-corrected chi connectivity index (χ3v) is 7.59. The maximum absolute atomic E-state index is 5.97. The number of rotatable bonds is 10. The molecule has 7 nitrogen and oxygen atoms in total. The molecule has 1 aliphatic heterocycles. The molecule has 8 heteroatoms. The summed E-state index contributed by atoms with van der Waals surface area (Å²) in [7, 11) is -2.50. The van der Waals surface area contributed by atoms with Gasteiger partial charge >= 0.3 is 8.80 Å². The van der Waals surface area contributed by atoms with Gasteiger partial charge in [-0.3, -0.25) is 0 Å². The minimum atomic E-state index is -2.50. The zero-order valence-corrected chi connectivity index (χ0v) is 18.3. The van der Waals surface area contributed by atoms with Crippen LogP contribution in [0.3, 0.4) is 0 Å². The first-order chi connectivity index (χ1) is 12.8. The minimum Gasteiger partial charge on any atom is -0.374 e. The zero-order chi connectivity index (χ0) is 18.9. The minimum absolute atomic E-state index is 0.652. The van der Waals surface area contributed by atoms with Gasteiger partial charge in [0.15, 0.2) is 0 Å². The van der Waals surface area contributed by atoms with Crippen molar-refractivity contribution in [3.8, 4) is 0 Å². The Balaban J connectivity index is 2.44. The van der Waals surface area contributed by atoms with Crippen LogP contribution in [0.1, 0.15) is 33.6 Å². The van der Waals surface area contributed by atoms with Gasteiger partial charge in [-0.1, -0.05) is 0 Å². The highest BCUT2D eigenvalue weighted by Crippen LogP contribution is 2.18. The summed E-state index contributed by atoms with van der Waals surface area (Å²) >= 11 is 0. The maximum Gasteiger partial charge on any atom is 0.500 e. The van der Waals surface area contributed by atoms with Gasteiger partial charge in [0.2, 0.25) is 0 Å². The quantitative estimate of drug-likeness (QED) is 0.479. The van der Waals surface area contributed by atoms with E-state index in [0.29, 0.717) is 19.8 Å². The number of hydrogen-bond acceptors (Lipinski definition) is 7. The average Bonchev–Trinajstić information content (AvgIpc) is 2.64. The van der Waals surface area contributed by atoms with Crippen LogP contribution in [0.25, 0.3) is 0 Å². The van der Waals surface area contributed by atoms with Crippen molar-refractivity contribution in [2.45, 2.75) is 39.7 Å². The Morgan fingerprint density at radius 1 is 0.731 bits per heavy atom. The van der Waals surface area contributed by atoms with Crippen molar-refractivity contribution in [3.05, 3.63) is 0 Å². The summed E-state index contributed by atoms with van der Waals surface area (Å²) in [6.07, 6.45) is 2.24. The Morgan fingerprint density at radius 2 is 1.27 bits per heavy atom. The van der Waals surface area contributed by atoms with Crippen LogP contribution >= 0.6 is 0 Å². The van der Waals surface area contributed by atoms with Gasteiger partial charge in [0, 0.05) is 65.1 Å². The topological polar surface area (TPSA) is 67.0 Å². The predicted octanol–water partition coefficient (Wildman–Crippen LogP) is 0.899. The molecule has 26 heavy (non-hydrogen) atoms. The number of nitrogens with zero attached hydrogens (tertiary/aromatic N) is 1. The van der Waals surface area contributed by atoms with Crippen LogP contribution in [0, 0.1) is 0 Å². The van der Waals surface area contributed by atoms with Crippen LogP contribution in [-0.4, -0.2) is 92.4 Å². The Bertz CT molecular complexity index is 296. The second-order valence-corrected chi connectivity index (χ2v) is 9.26. The van der Waals surface area contributed by atoms with Crippen LogP contribution in [0.15, 0.2) is 0 Å². The molecule has 0 atom stereocenters. The standard InChI is InChI=1S/C18H42N4O3Si/c1-4-23-26(24-5-2,25-6-3)18-8-16-22-15-7-9-19-10-11-20-12-13-21-14-17-22/h19-21H,4-18H2,1-3H3. The van der Waals surface area contributed by atoms with Crippen molar-refractivity contribution in [3.63, 3.8) is 0 Å². The Hall–Kier alpha value is -0.0631. The second-order valence-electron chi connectivity index (χ2n) is 6.53. The second kappa shape index (κ2) is 15.9. The van der Waals surface area contributed by atoms with E-state index in [0.717, 1.165) is 71.4 Å². The van der Waals surface area contributed by atoms with Gasteiger partial charge in [0.25, 0.3) is 0 Å². The van der Waals surface area contributed by atoms with Crippen LogP contribution in [0.2, 0.25) is 6.04 Å². The van der Waals surface area contributed by atoms with Gasteiger partial charge in [0.1, 0.15) is 0 Å². The first-order valence-corrected chi connectivity index (χ1v) is 12.5. The van der Waals surface area contributed by atoms with Crippen molar-refractivity contribution in [2.75, 3.05) is 78.7 Å². The molecule has 0 aromatic rings. The molecule has 1 heterocycles. The summed E-state index contributed by atoms with van der Waals surface area (Å²) in [6.45, 7) is 17.6. The molecule has 0 saturated carbocycles. The van der Waals surface area contributed by atoms with E-state index in [9.17, 15) is 0 Å². The highest BCUT2D eigenvalue weighted by molar-refractivity contribution is 6.60. The van der Waals surface area contributed by atoms with Crippen molar-refractivity contribution < 1.29 is 13.3 Å². The molecule has 0 aliphatic carbocycles. The predicted molar refractivity (Wildman–Crippen MR) is 110 cm³/mol. The highest BCUT2D eigenvalue weighted by atomic mass is 28.4. The van der Waals surface area contributed by atoms with Crippen molar-refractivity contribution in [1.82, 2.24) is 20.9 Å². The average molecular weight is 391 g/mol. The molecule has 1 rings (SSSR count). The zero-order valence-electron chi connectivity index (χ0n) is 17.3. The summed E-state index contributed by atoms with van der Waals surface area (Å²) in [5, 5.41) is 10.5. The van der Waals surface area contributed by atoms with E-state index in [1.807, 2.05) is 20.8 Å². The molecule has 0 unspecified atom stereocenters. The fourth-order valence-corrected chi connectivity index (χ4v) is 5.84. The van der Waals surface area contributed by atoms with E-state index >= 15 is 0 Å². The van der Waals surface area contributed by atoms with E-state index in [1.54, 1.807) is 0 Å². The Morgan fingerprint density at radius 3 is 1.85 bits per heavy atom. The number of hydrogen-bond donors (Lipinski definition) is 3. The fourth-order valence-electron chi connectivity index (χ4n) is 3.25. The van der Waals surface area contributed by atoms with Gasteiger partial charge in [-0.2, -0.15) is 0 Å². The summed E-state index contributed by atoms with van der Waals surface area (Å²) in [5.74, 6) is 0. The lowest BCUT2D eigenvalue weighted by molar-refractivity contribution is 0.0699. The molecule has 1 saturated heterocycles. The van der Waals surface area contributed by atoms with Gasteiger partial charge < -0.3 is 34.1 Å². The first-order valence-electron chi connectivity index (χ1n) is 10.5. The SMILES string of the molecule is CCO[Si](CCCN1CCCNCCNCCNCC1)(OCC)OCC. The first kappa shape index (κ1) is 24.0. The molecular weight excluding hydrogens is 348 g/mol. The van der Waals surface area contributed by atoms with E-state index in [1.165, 1.54) is 6.42 Å². The molecule has 0 aromatic carbocycles. The van der Waals surface area contributed by atoms with Crippen molar-refractivity contribution in [1.29, 1.82) is 0 Å². The third-order valence-electron chi connectivity index (χ3n) is 4.44. The maximum atomic E-state index is 5.97. The molecule has 156 valence electrons. The monoisotopic (exact) mass is 390 g/mol. The Kier molecular flexibility index (Phi) is 14.7. The van der Waals surface area contributed by atoms with E-state index in [-0.39, 0.29) is 0 Å². The lowest BCUT2D eigenvalue weighted by atomic mass is 10.3. The number of nitrogens with one attached hydrogen (secondary N) is 3. The smallest absolute Gasteiger partial charge is 0.374 e. The lowest BCUT2D eigenvalue weighted by Gasteiger charge is -2.29. The molecule has 0 amide bonds. The fraction of sp³-hybridized carbons (Fsp3) is 1.00. The summed E-state index contributed by atoms with van der Waals surface area (Å²) in [4.78, 5) is 2.56. The third kappa shape index (κ3) is 10.9. The molecule has 0 radical (unpaired) electrons. The van der Waals surface area contributed by atoms with Crippen LogP contribution in [0.4, 0.5) is 0 Å². The van der Waals surface area contributed by atoms with Crippen molar-refractivity contribution >= 4 is 8.80 Å². The van der Waals surface area contributed by atoms with Crippen LogP contribution < -0.4 is 16.0 Å². The van der Waals surface area contributed by atoms with Gasteiger partial charge in [-0.15, -0.1) is 0 Å². The van der Waals surface area contributed by atoms with Crippen molar-refractivity contribution in [2.24, 2.45) is 0 Å². The summed E-state index contributed by atoms with van der Waals surface area (Å²) < 4.78 is 17.9. The molecule has 0 bridgehead atoms. The van der Waals surface area contributed by atoms with Gasteiger partial charge in [-0.05, 0) is 53.2 Å². The van der Waals surface area contributed by atoms with Crippen LogP contribution in [0.5, 0.6) is 0 Å². The molecule has 1 aliphatic rings. The molecule has 0 spiro atoms. The van der Waals surface area contributed by atoms with E-state index in [2.05, 4.69) is 20.9 Å². The van der Waals surface area contributed by atoms with Crippen LogP contribution in [-0.2, 0) is 13.3 Å². The Labute approximate surface area is 161 Å². The molecular formula is C18H42N4O3Si.